The molecule has 0 aliphatic carbocycles. The summed E-state index contributed by atoms with van der Waals surface area (Å²) in [5.41, 5.74) is 0.989. The van der Waals surface area contributed by atoms with Gasteiger partial charge < -0.3 is 4.74 Å². The van der Waals surface area contributed by atoms with E-state index >= 15 is 0 Å². The zero-order valence-electron chi connectivity index (χ0n) is 8.73. The van der Waals surface area contributed by atoms with Gasteiger partial charge in [0.1, 0.15) is 0 Å². The zero-order valence-corrected chi connectivity index (χ0v) is 8.73. The monoisotopic (exact) mass is 184 g/mol. The molecule has 0 radical (unpaired) electrons. The van der Waals surface area contributed by atoms with E-state index in [9.17, 15) is 4.39 Å². The topological polar surface area (TPSA) is 9.23 Å². The fourth-order valence-corrected chi connectivity index (χ4v) is 0.930. The molecule has 0 aliphatic rings. The van der Waals surface area contributed by atoms with Crippen LogP contribution in [0, 0.1) is 5.82 Å². The van der Waals surface area contributed by atoms with Gasteiger partial charge in [-0.25, -0.2) is 4.39 Å². The van der Waals surface area contributed by atoms with Gasteiger partial charge in [-0.1, -0.05) is 26.8 Å². The molecule has 13 heavy (non-hydrogen) atoms. The molecule has 0 aromatic heterocycles. The molecule has 2 heteroatoms. The van der Waals surface area contributed by atoms with Crippen molar-refractivity contribution in [3.8, 4) is 5.75 Å². The Bertz CT molecular complexity index is 246. The molecule has 1 aromatic carbocycles. The summed E-state index contributed by atoms with van der Waals surface area (Å²) in [5, 5.41) is 0. The van der Waals surface area contributed by atoms with Crippen LogP contribution in [0.2, 0.25) is 0 Å². The summed E-state index contributed by atoms with van der Waals surface area (Å²) in [6.45, 7) is 5.99. The molecule has 1 aromatic rings. The third kappa shape index (κ3) is 3.45. The van der Waals surface area contributed by atoms with Gasteiger partial charge in [-0.3, -0.25) is 0 Å². The minimum atomic E-state index is -0.285. The van der Waals surface area contributed by atoms with Crippen molar-refractivity contribution in [2.45, 2.75) is 27.2 Å². The fraction of sp³-hybridized carbons (Fsp3) is 0.455. The molecule has 0 fully saturated rings. The second kappa shape index (κ2) is 6.46. The molecule has 0 saturated carbocycles. The Kier molecular flexibility index (Phi) is 5.94. The summed E-state index contributed by atoms with van der Waals surface area (Å²) < 4.78 is 17.7. The van der Waals surface area contributed by atoms with E-state index in [-0.39, 0.29) is 5.82 Å². The van der Waals surface area contributed by atoms with Crippen LogP contribution in [0.5, 0.6) is 5.75 Å². The van der Waals surface area contributed by atoms with E-state index in [4.69, 9.17) is 4.74 Å². The Morgan fingerprint density at radius 2 is 1.92 bits per heavy atom. The molecule has 0 bridgehead atoms. The number of hydrogen-bond donors (Lipinski definition) is 0. The van der Waals surface area contributed by atoms with Crippen LogP contribution in [0.15, 0.2) is 18.2 Å². The van der Waals surface area contributed by atoms with Crippen molar-refractivity contribution in [2.24, 2.45) is 0 Å². The van der Waals surface area contributed by atoms with Gasteiger partial charge in [-0.05, 0) is 24.1 Å². The lowest BCUT2D eigenvalue weighted by atomic mass is 10.1. The normalized spacial score (nSPS) is 8.69. The predicted molar refractivity (Wildman–Crippen MR) is 53.7 cm³/mol. The van der Waals surface area contributed by atoms with Crippen molar-refractivity contribution in [1.82, 2.24) is 0 Å². The molecular weight excluding hydrogens is 167 g/mol. The Morgan fingerprint density at radius 3 is 2.31 bits per heavy atom. The standard InChI is InChI=1S/C9H11FO.C2H6/c1-3-7-4-5-9(11-2)8(10)6-7;1-2/h4-6H,3H2,1-2H3;1-2H3. The van der Waals surface area contributed by atoms with E-state index in [1.54, 1.807) is 6.07 Å². The number of rotatable bonds is 2. The van der Waals surface area contributed by atoms with Gasteiger partial charge >= 0.3 is 0 Å². The van der Waals surface area contributed by atoms with Gasteiger partial charge in [0.05, 0.1) is 7.11 Å². The highest BCUT2D eigenvalue weighted by Gasteiger charge is 2.00. The Morgan fingerprint density at radius 1 is 1.31 bits per heavy atom. The van der Waals surface area contributed by atoms with E-state index in [0.29, 0.717) is 5.75 Å². The first-order valence-electron chi connectivity index (χ1n) is 4.60. The molecule has 0 amide bonds. The van der Waals surface area contributed by atoms with Crippen molar-refractivity contribution in [3.63, 3.8) is 0 Å². The molecule has 74 valence electrons. The number of benzene rings is 1. The van der Waals surface area contributed by atoms with Crippen LogP contribution in [0.4, 0.5) is 4.39 Å². The van der Waals surface area contributed by atoms with Crippen molar-refractivity contribution >= 4 is 0 Å². The third-order valence-electron chi connectivity index (χ3n) is 1.62. The number of methoxy groups -OCH3 is 1. The zero-order chi connectivity index (χ0) is 10.3. The van der Waals surface area contributed by atoms with E-state index in [2.05, 4.69) is 0 Å². The maximum atomic E-state index is 12.9. The molecule has 0 saturated heterocycles. The number of hydrogen-bond acceptors (Lipinski definition) is 1. The number of halogens is 1. The summed E-state index contributed by atoms with van der Waals surface area (Å²) in [7, 11) is 1.46. The predicted octanol–water partition coefficient (Wildman–Crippen LogP) is 3.42. The molecule has 1 nitrogen and oxygen atoms in total. The second-order valence-electron chi connectivity index (χ2n) is 2.32. The first-order chi connectivity index (χ1) is 6.27. The summed E-state index contributed by atoms with van der Waals surface area (Å²) >= 11 is 0. The second-order valence-corrected chi connectivity index (χ2v) is 2.32. The maximum Gasteiger partial charge on any atom is 0.165 e. The Labute approximate surface area is 79.5 Å². The first kappa shape index (κ1) is 11.9. The summed E-state index contributed by atoms with van der Waals surface area (Å²) in [6.07, 6.45) is 0.848. The first-order valence-corrected chi connectivity index (χ1v) is 4.60. The van der Waals surface area contributed by atoms with Crippen LogP contribution in [0.3, 0.4) is 0 Å². The van der Waals surface area contributed by atoms with Crippen molar-refractivity contribution in [1.29, 1.82) is 0 Å². The Balaban J connectivity index is 0.000000671. The van der Waals surface area contributed by atoms with Gasteiger partial charge in [0, 0.05) is 0 Å². The average Bonchev–Trinajstić information content (AvgIpc) is 2.20. The van der Waals surface area contributed by atoms with Crippen LogP contribution in [0.25, 0.3) is 0 Å². The minimum absolute atomic E-state index is 0.285. The van der Waals surface area contributed by atoms with Crippen molar-refractivity contribution in [3.05, 3.63) is 29.6 Å². The van der Waals surface area contributed by atoms with Crippen LogP contribution in [-0.2, 0) is 6.42 Å². The van der Waals surface area contributed by atoms with Gasteiger partial charge in [-0.15, -0.1) is 0 Å². The van der Waals surface area contributed by atoms with Gasteiger partial charge in [0.25, 0.3) is 0 Å². The summed E-state index contributed by atoms with van der Waals surface area (Å²) in [6, 6.07) is 5.01. The lowest BCUT2D eigenvalue weighted by Crippen LogP contribution is -1.89. The SMILES string of the molecule is CC.CCc1ccc(OC)c(F)c1. The highest BCUT2D eigenvalue weighted by molar-refractivity contribution is 5.29. The maximum absolute atomic E-state index is 12.9. The third-order valence-corrected chi connectivity index (χ3v) is 1.62. The molecule has 0 spiro atoms. The average molecular weight is 184 g/mol. The van der Waals surface area contributed by atoms with Gasteiger partial charge in [0.15, 0.2) is 11.6 Å². The quantitative estimate of drug-likeness (QED) is 0.684. The molecular formula is C11H17FO. The minimum Gasteiger partial charge on any atom is -0.494 e. The van der Waals surface area contributed by atoms with Crippen LogP contribution in [0.1, 0.15) is 26.3 Å². The van der Waals surface area contributed by atoms with Crippen LogP contribution in [-0.4, -0.2) is 7.11 Å². The smallest absolute Gasteiger partial charge is 0.165 e. The summed E-state index contributed by atoms with van der Waals surface area (Å²) in [4.78, 5) is 0. The Hall–Kier alpha value is -1.05. The molecule has 0 heterocycles. The van der Waals surface area contributed by atoms with E-state index in [0.717, 1.165) is 12.0 Å². The molecule has 1 rings (SSSR count). The molecule has 0 atom stereocenters. The molecule has 0 aliphatic heterocycles. The fourth-order valence-electron chi connectivity index (χ4n) is 0.930. The van der Waals surface area contributed by atoms with Gasteiger partial charge in [0.2, 0.25) is 0 Å². The number of aryl methyl sites for hydroxylation is 1. The van der Waals surface area contributed by atoms with Crippen molar-refractivity contribution < 1.29 is 9.13 Å². The van der Waals surface area contributed by atoms with E-state index in [1.807, 2.05) is 26.8 Å². The van der Waals surface area contributed by atoms with Crippen molar-refractivity contribution in [2.75, 3.05) is 7.11 Å². The lowest BCUT2D eigenvalue weighted by Gasteiger charge is -2.02. The lowest BCUT2D eigenvalue weighted by molar-refractivity contribution is 0.386. The van der Waals surface area contributed by atoms with E-state index in [1.165, 1.54) is 13.2 Å². The highest BCUT2D eigenvalue weighted by Crippen LogP contribution is 2.17. The largest absolute Gasteiger partial charge is 0.494 e. The molecule has 0 N–H and O–H groups in total. The number of ether oxygens (including phenoxy) is 1. The van der Waals surface area contributed by atoms with E-state index < -0.39 is 0 Å². The summed E-state index contributed by atoms with van der Waals surface area (Å²) in [5.74, 6) is 0.0223. The van der Waals surface area contributed by atoms with Crippen LogP contribution >= 0.6 is 0 Å². The van der Waals surface area contributed by atoms with Gasteiger partial charge in [-0.2, -0.15) is 0 Å². The highest BCUT2D eigenvalue weighted by atomic mass is 19.1. The molecule has 0 unspecified atom stereocenters. The van der Waals surface area contributed by atoms with Crippen LogP contribution < -0.4 is 4.74 Å².